The molecule has 104 valence electrons. The Bertz CT molecular complexity index is 411. The molecule has 0 aliphatic carbocycles. The van der Waals surface area contributed by atoms with Gasteiger partial charge in [-0.3, -0.25) is 4.90 Å². The van der Waals surface area contributed by atoms with E-state index in [0.717, 1.165) is 6.54 Å². The summed E-state index contributed by atoms with van der Waals surface area (Å²) < 4.78 is 0. The molecule has 0 radical (unpaired) electrons. The largest absolute Gasteiger partial charge is 0.317 e. The number of piperidine rings is 2. The normalized spacial score (nSPS) is 23.6. The Balaban J connectivity index is 1.55. The first-order valence-corrected chi connectivity index (χ1v) is 7.74. The lowest BCUT2D eigenvalue weighted by Gasteiger charge is -2.44. The maximum Gasteiger partial charge on any atom is 0.0233 e. The zero-order valence-electron chi connectivity index (χ0n) is 12.1. The summed E-state index contributed by atoms with van der Waals surface area (Å²) in [6, 6.07) is 8.96. The van der Waals surface area contributed by atoms with Gasteiger partial charge in [-0.2, -0.15) is 0 Å². The van der Waals surface area contributed by atoms with Crippen LogP contribution in [0.1, 0.15) is 36.8 Å². The predicted octanol–water partition coefficient (Wildman–Crippen LogP) is 2.96. The highest BCUT2D eigenvalue weighted by atomic mass is 15.1. The van der Waals surface area contributed by atoms with Crippen LogP contribution >= 0.6 is 0 Å². The smallest absolute Gasteiger partial charge is 0.0233 e. The van der Waals surface area contributed by atoms with Gasteiger partial charge in [0.05, 0.1) is 0 Å². The van der Waals surface area contributed by atoms with Crippen molar-refractivity contribution in [3.8, 4) is 0 Å². The van der Waals surface area contributed by atoms with Crippen LogP contribution in [0.5, 0.6) is 0 Å². The van der Waals surface area contributed by atoms with E-state index in [2.05, 4.69) is 41.4 Å². The molecule has 2 fully saturated rings. The Hall–Kier alpha value is -0.860. The quantitative estimate of drug-likeness (QED) is 0.877. The molecule has 3 rings (SSSR count). The number of benzene rings is 1. The third kappa shape index (κ3) is 3.18. The second-order valence-corrected chi connectivity index (χ2v) is 6.52. The standard InChI is InChI=1S/C17H26N2/c1-15-3-2-4-16(13-15)14-19-11-7-17(8-12-19)5-9-18-10-6-17/h2-4,13,18H,5-12,14H2,1H3. The molecule has 2 nitrogen and oxygen atoms in total. The molecular formula is C17H26N2. The van der Waals surface area contributed by atoms with Crippen molar-refractivity contribution in [2.45, 2.75) is 39.2 Å². The Labute approximate surface area is 117 Å². The summed E-state index contributed by atoms with van der Waals surface area (Å²) in [6.45, 7) is 8.36. The molecule has 0 amide bonds. The highest BCUT2D eigenvalue weighted by molar-refractivity contribution is 5.22. The lowest BCUT2D eigenvalue weighted by Crippen LogP contribution is -2.45. The molecule has 0 atom stereocenters. The molecule has 0 aromatic heterocycles. The van der Waals surface area contributed by atoms with Crippen LogP contribution in [0.4, 0.5) is 0 Å². The van der Waals surface area contributed by atoms with Gasteiger partial charge in [0.1, 0.15) is 0 Å². The maximum atomic E-state index is 3.50. The fraction of sp³-hybridized carbons (Fsp3) is 0.647. The van der Waals surface area contributed by atoms with Crippen LogP contribution in [-0.4, -0.2) is 31.1 Å². The fourth-order valence-electron chi connectivity index (χ4n) is 3.71. The predicted molar refractivity (Wildman–Crippen MR) is 80.2 cm³/mol. The van der Waals surface area contributed by atoms with Gasteiger partial charge in [-0.25, -0.2) is 0 Å². The number of nitrogens with zero attached hydrogens (tertiary/aromatic N) is 1. The van der Waals surface area contributed by atoms with Gasteiger partial charge in [0.25, 0.3) is 0 Å². The number of aryl methyl sites for hydroxylation is 1. The number of likely N-dealkylation sites (tertiary alicyclic amines) is 1. The van der Waals surface area contributed by atoms with Crippen LogP contribution in [0.2, 0.25) is 0 Å². The van der Waals surface area contributed by atoms with E-state index < -0.39 is 0 Å². The lowest BCUT2D eigenvalue weighted by atomic mass is 9.71. The van der Waals surface area contributed by atoms with Crippen LogP contribution in [0, 0.1) is 12.3 Å². The molecule has 0 unspecified atom stereocenters. The van der Waals surface area contributed by atoms with Gasteiger partial charge in [0.15, 0.2) is 0 Å². The Morgan fingerprint density at radius 3 is 2.53 bits per heavy atom. The number of nitrogens with one attached hydrogen (secondary N) is 1. The van der Waals surface area contributed by atoms with Crippen molar-refractivity contribution in [1.29, 1.82) is 0 Å². The van der Waals surface area contributed by atoms with Crippen molar-refractivity contribution < 1.29 is 0 Å². The summed E-state index contributed by atoms with van der Waals surface area (Å²) in [7, 11) is 0. The second kappa shape index (κ2) is 5.64. The van der Waals surface area contributed by atoms with Crippen molar-refractivity contribution in [3.63, 3.8) is 0 Å². The summed E-state index contributed by atoms with van der Waals surface area (Å²) in [4.78, 5) is 2.64. The first-order valence-electron chi connectivity index (χ1n) is 7.74. The van der Waals surface area contributed by atoms with Gasteiger partial charge in [0, 0.05) is 6.54 Å². The second-order valence-electron chi connectivity index (χ2n) is 6.52. The van der Waals surface area contributed by atoms with Crippen molar-refractivity contribution in [2.75, 3.05) is 26.2 Å². The summed E-state index contributed by atoms with van der Waals surface area (Å²) in [5, 5.41) is 3.50. The van der Waals surface area contributed by atoms with E-state index in [4.69, 9.17) is 0 Å². The first kappa shape index (κ1) is 13.1. The molecule has 0 bridgehead atoms. The molecule has 0 saturated carbocycles. The minimum absolute atomic E-state index is 0.675. The van der Waals surface area contributed by atoms with E-state index in [9.17, 15) is 0 Å². The molecule has 2 saturated heterocycles. The molecule has 1 aromatic rings. The van der Waals surface area contributed by atoms with Gasteiger partial charge in [-0.15, -0.1) is 0 Å². The highest BCUT2D eigenvalue weighted by Crippen LogP contribution is 2.39. The molecule has 2 aliphatic rings. The summed E-state index contributed by atoms with van der Waals surface area (Å²) >= 11 is 0. The van der Waals surface area contributed by atoms with E-state index in [1.807, 2.05) is 0 Å². The Kier molecular flexibility index (Phi) is 3.90. The molecule has 2 heteroatoms. The minimum Gasteiger partial charge on any atom is -0.317 e. The van der Waals surface area contributed by atoms with Gasteiger partial charge in [-0.1, -0.05) is 29.8 Å². The molecule has 19 heavy (non-hydrogen) atoms. The first-order chi connectivity index (χ1) is 9.26. The zero-order chi connectivity index (χ0) is 13.1. The van der Waals surface area contributed by atoms with Crippen LogP contribution in [0.3, 0.4) is 0 Å². The number of hydrogen-bond donors (Lipinski definition) is 1. The molecule has 2 heterocycles. The van der Waals surface area contributed by atoms with E-state index in [-0.39, 0.29) is 0 Å². The van der Waals surface area contributed by atoms with Gasteiger partial charge in [0.2, 0.25) is 0 Å². The maximum absolute atomic E-state index is 3.50. The SMILES string of the molecule is Cc1cccc(CN2CCC3(CCNCC3)CC2)c1. The molecular weight excluding hydrogens is 232 g/mol. The van der Waals surface area contributed by atoms with Crippen LogP contribution in [-0.2, 0) is 6.54 Å². The van der Waals surface area contributed by atoms with E-state index >= 15 is 0 Å². The molecule has 2 aliphatic heterocycles. The van der Waals surface area contributed by atoms with E-state index in [1.54, 1.807) is 0 Å². The minimum atomic E-state index is 0.675. The van der Waals surface area contributed by atoms with Crippen molar-refractivity contribution in [2.24, 2.45) is 5.41 Å². The van der Waals surface area contributed by atoms with E-state index in [1.165, 1.54) is 63.0 Å². The average Bonchev–Trinajstić information content (AvgIpc) is 2.43. The zero-order valence-corrected chi connectivity index (χ0v) is 12.1. The van der Waals surface area contributed by atoms with Crippen molar-refractivity contribution >= 4 is 0 Å². The van der Waals surface area contributed by atoms with E-state index in [0.29, 0.717) is 5.41 Å². The van der Waals surface area contributed by atoms with Gasteiger partial charge < -0.3 is 5.32 Å². The Morgan fingerprint density at radius 2 is 1.84 bits per heavy atom. The molecule has 1 spiro atoms. The topological polar surface area (TPSA) is 15.3 Å². The van der Waals surface area contributed by atoms with Gasteiger partial charge in [-0.05, 0) is 69.8 Å². The lowest BCUT2D eigenvalue weighted by molar-refractivity contribution is 0.0701. The summed E-state index contributed by atoms with van der Waals surface area (Å²) in [5.74, 6) is 0. The van der Waals surface area contributed by atoms with Crippen molar-refractivity contribution in [3.05, 3.63) is 35.4 Å². The Morgan fingerprint density at radius 1 is 1.11 bits per heavy atom. The third-order valence-corrected chi connectivity index (χ3v) is 5.07. The third-order valence-electron chi connectivity index (χ3n) is 5.07. The van der Waals surface area contributed by atoms with Crippen molar-refractivity contribution in [1.82, 2.24) is 10.2 Å². The monoisotopic (exact) mass is 258 g/mol. The highest BCUT2D eigenvalue weighted by Gasteiger charge is 2.35. The summed E-state index contributed by atoms with van der Waals surface area (Å²) in [5.41, 5.74) is 3.53. The van der Waals surface area contributed by atoms with Crippen LogP contribution in [0.15, 0.2) is 24.3 Å². The van der Waals surface area contributed by atoms with Gasteiger partial charge >= 0.3 is 0 Å². The number of rotatable bonds is 2. The summed E-state index contributed by atoms with van der Waals surface area (Å²) in [6.07, 6.45) is 5.59. The average molecular weight is 258 g/mol. The molecule has 1 N–H and O–H groups in total. The fourth-order valence-corrected chi connectivity index (χ4v) is 3.71. The number of hydrogen-bond acceptors (Lipinski definition) is 2. The van der Waals surface area contributed by atoms with Crippen LogP contribution in [0.25, 0.3) is 0 Å². The molecule has 1 aromatic carbocycles. The van der Waals surface area contributed by atoms with Crippen LogP contribution < -0.4 is 5.32 Å².